The smallest absolute Gasteiger partial charge is 0.408 e. The van der Waals surface area contributed by atoms with Gasteiger partial charge in [0.15, 0.2) is 5.76 Å². The van der Waals surface area contributed by atoms with Crippen LogP contribution in [0.4, 0.5) is 4.79 Å². The Balaban J connectivity index is 1.67. The average molecular weight is 418 g/mol. The van der Waals surface area contributed by atoms with E-state index in [-0.39, 0.29) is 0 Å². The topological polar surface area (TPSA) is 93.0 Å². The van der Waals surface area contributed by atoms with Crippen molar-refractivity contribution in [1.82, 2.24) is 20.7 Å². The summed E-state index contributed by atoms with van der Waals surface area (Å²) in [6.45, 7) is 9.43. The highest BCUT2D eigenvalue weighted by molar-refractivity contribution is 6.01. The molecule has 0 spiro atoms. The summed E-state index contributed by atoms with van der Waals surface area (Å²) in [6, 6.07) is 14.0. The Hall–Kier alpha value is -3.61. The van der Waals surface area contributed by atoms with E-state index in [1.807, 2.05) is 77.1 Å². The van der Waals surface area contributed by atoms with Crippen molar-refractivity contribution in [1.29, 1.82) is 0 Å². The van der Waals surface area contributed by atoms with Gasteiger partial charge in [0.1, 0.15) is 5.60 Å². The molecule has 7 nitrogen and oxygen atoms in total. The molecule has 2 aromatic carbocycles. The number of aromatic nitrogens is 3. The van der Waals surface area contributed by atoms with Crippen LogP contribution in [0.3, 0.4) is 0 Å². The number of carbonyl (C=O) groups excluding carboxylic acids is 1. The molecule has 0 aliphatic carbocycles. The van der Waals surface area contributed by atoms with Crippen molar-refractivity contribution in [2.75, 3.05) is 0 Å². The van der Waals surface area contributed by atoms with Gasteiger partial charge >= 0.3 is 6.09 Å². The number of hydrogen-bond acceptors (Lipinski definition) is 5. The van der Waals surface area contributed by atoms with Gasteiger partial charge < -0.3 is 14.6 Å². The van der Waals surface area contributed by atoms with Crippen LogP contribution < -0.4 is 5.32 Å². The maximum atomic E-state index is 12.3. The molecule has 0 aliphatic heterocycles. The number of hydrogen-bond donors (Lipinski definition) is 2. The predicted octanol–water partition coefficient (Wildman–Crippen LogP) is 5.64. The fourth-order valence-electron chi connectivity index (χ4n) is 3.57. The number of nitrogens with one attached hydrogen (secondary N) is 2. The standard InChI is InChI=1S/C24H26N4O3/c1-23(2,3)30-22(29)27-24(4,5)16-8-6-15(7-9-16)17-10-11-19-18(14-25-28-19)21(17)20-12-13-26-31-20/h6-14H,1-5H3,(H,25,28)(H,27,29). The summed E-state index contributed by atoms with van der Waals surface area (Å²) in [5, 5.41) is 14.9. The molecular weight excluding hydrogens is 392 g/mol. The van der Waals surface area contributed by atoms with Crippen LogP contribution in [0.1, 0.15) is 40.2 Å². The van der Waals surface area contributed by atoms with Crippen molar-refractivity contribution >= 4 is 17.0 Å². The molecule has 2 N–H and O–H groups in total. The van der Waals surface area contributed by atoms with E-state index in [9.17, 15) is 4.79 Å². The third kappa shape index (κ3) is 4.30. The quantitative estimate of drug-likeness (QED) is 0.447. The first-order valence-corrected chi connectivity index (χ1v) is 10.1. The molecule has 7 heteroatoms. The monoisotopic (exact) mass is 418 g/mol. The Morgan fingerprint density at radius 2 is 1.77 bits per heavy atom. The molecule has 4 aromatic rings. The van der Waals surface area contributed by atoms with E-state index in [1.165, 1.54) is 0 Å². The Morgan fingerprint density at radius 3 is 2.42 bits per heavy atom. The molecule has 0 fully saturated rings. The molecule has 0 radical (unpaired) electrons. The molecule has 4 rings (SSSR count). The van der Waals surface area contributed by atoms with Crippen LogP contribution in [-0.4, -0.2) is 27.0 Å². The lowest BCUT2D eigenvalue weighted by Crippen LogP contribution is -2.43. The third-order valence-corrected chi connectivity index (χ3v) is 5.04. The molecule has 0 aliphatic rings. The summed E-state index contributed by atoms with van der Waals surface area (Å²) in [5.41, 5.74) is 3.71. The van der Waals surface area contributed by atoms with Gasteiger partial charge in [-0.25, -0.2) is 4.79 Å². The van der Waals surface area contributed by atoms with E-state index < -0.39 is 17.2 Å². The van der Waals surface area contributed by atoms with Gasteiger partial charge in [-0.05, 0) is 57.4 Å². The molecular formula is C24H26N4O3. The second-order valence-corrected chi connectivity index (χ2v) is 9.03. The average Bonchev–Trinajstić information content (AvgIpc) is 3.37. The highest BCUT2D eigenvalue weighted by atomic mass is 16.6. The lowest BCUT2D eigenvalue weighted by molar-refractivity contribution is 0.0470. The number of amides is 1. The number of fused-ring (bicyclic) bond motifs is 1. The van der Waals surface area contributed by atoms with Crippen LogP contribution in [0.2, 0.25) is 0 Å². The van der Waals surface area contributed by atoms with Gasteiger partial charge in [-0.15, -0.1) is 0 Å². The molecule has 0 unspecified atom stereocenters. The van der Waals surface area contributed by atoms with Crippen molar-refractivity contribution in [3.05, 3.63) is 60.4 Å². The van der Waals surface area contributed by atoms with Crippen molar-refractivity contribution in [3.8, 4) is 22.5 Å². The number of alkyl carbamates (subject to hydrolysis) is 1. The SMILES string of the molecule is CC(C)(C)OC(=O)NC(C)(C)c1ccc(-c2ccc3[nH]ncc3c2-c2ccno2)cc1. The van der Waals surface area contributed by atoms with E-state index in [1.54, 1.807) is 12.4 Å². The first-order chi connectivity index (χ1) is 14.6. The van der Waals surface area contributed by atoms with Crippen LogP contribution in [0.25, 0.3) is 33.4 Å². The molecule has 0 bridgehead atoms. The van der Waals surface area contributed by atoms with Gasteiger partial charge in [0.05, 0.1) is 23.4 Å². The zero-order valence-electron chi connectivity index (χ0n) is 18.3. The molecule has 0 atom stereocenters. The number of benzene rings is 2. The summed E-state index contributed by atoms with van der Waals surface area (Å²) in [6.07, 6.45) is 2.98. The maximum Gasteiger partial charge on any atom is 0.408 e. The van der Waals surface area contributed by atoms with Crippen molar-refractivity contribution < 1.29 is 14.1 Å². The Bertz CT molecular complexity index is 1200. The molecule has 31 heavy (non-hydrogen) atoms. The number of H-pyrrole nitrogens is 1. The molecule has 0 saturated carbocycles. The molecule has 0 saturated heterocycles. The summed E-state index contributed by atoms with van der Waals surface area (Å²) in [4.78, 5) is 12.3. The number of rotatable bonds is 4. The van der Waals surface area contributed by atoms with Crippen LogP contribution >= 0.6 is 0 Å². The van der Waals surface area contributed by atoms with E-state index in [2.05, 4.69) is 20.7 Å². The predicted molar refractivity (Wildman–Crippen MR) is 119 cm³/mol. The number of carbonyl (C=O) groups is 1. The fraction of sp³-hybridized carbons (Fsp3) is 0.292. The molecule has 2 heterocycles. The van der Waals surface area contributed by atoms with Crippen LogP contribution in [-0.2, 0) is 10.3 Å². The number of nitrogens with zero attached hydrogens (tertiary/aromatic N) is 2. The first-order valence-electron chi connectivity index (χ1n) is 10.1. The van der Waals surface area contributed by atoms with Crippen LogP contribution in [0.5, 0.6) is 0 Å². The highest BCUT2D eigenvalue weighted by Crippen LogP contribution is 2.38. The second kappa shape index (κ2) is 7.58. The van der Waals surface area contributed by atoms with Crippen LogP contribution in [0, 0.1) is 0 Å². The minimum Gasteiger partial charge on any atom is -0.444 e. The number of aromatic amines is 1. The minimum atomic E-state index is -0.594. The van der Waals surface area contributed by atoms with Gasteiger partial charge in [-0.3, -0.25) is 5.10 Å². The zero-order valence-corrected chi connectivity index (χ0v) is 18.3. The van der Waals surface area contributed by atoms with Gasteiger partial charge in [-0.1, -0.05) is 35.5 Å². The van der Waals surface area contributed by atoms with Crippen molar-refractivity contribution in [2.24, 2.45) is 0 Å². The van der Waals surface area contributed by atoms with E-state index in [4.69, 9.17) is 9.26 Å². The lowest BCUT2D eigenvalue weighted by Gasteiger charge is -2.29. The van der Waals surface area contributed by atoms with E-state index >= 15 is 0 Å². The van der Waals surface area contributed by atoms with Gasteiger partial charge in [0, 0.05) is 17.0 Å². The lowest BCUT2D eigenvalue weighted by atomic mass is 9.90. The molecule has 160 valence electrons. The second-order valence-electron chi connectivity index (χ2n) is 9.03. The van der Waals surface area contributed by atoms with Crippen LogP contribution in [0.15, 0.2) is 59.4 Å². The van der Waals surface area contributed by atoms with Crippen molar-refractivity contribution in [2.45, 2.75) is 45.8 Å². The third-order valence-electron chi connectivity index (χ3n) is 5.04. The summed E-state index contributed by atoms with van der Waals surface area (Å²) < 4.78 is 10.9. The summed E-state index contributed by atoms with van der Waals surface area (Å²) in [7, 11) is 0. The fourth-order valence-corrected chi connectivity index (χ4v) is 3.57. The highest BCUT2D eigenvalue weighted by Gasteiger charge is 2.26. The largest absolute Gasteiger partial charge is 0.444 e. The minimum absolute atomic E-state index is 0.445. The van der Waals surface area contributed by atoms with E-state index in [0.717, 1.165) is 33.2 Å². The first kappa shape index (κ1) is 20.7. The molecule has 1 amide bonds. The van der Waals surface area contributed by atoms with E-state index in [0.29, 0.717) is 5.76 Å². The maximum absolute atomic E-state index is 12.3. The summed E-state index contributed by atoms with van der Waals surface area (Å²) >= 11 is 0. The van der Waals surface area contributed by atoms with Gasteiger partial charge in [0.25, 0.3) is 0 Å². The zero-order chi connectivity index (χ0) is 22.2. The normalized spacial score (nSPS) is 12.2. The van der Waals surface area contributed by atoms with Gasteiger partial charge in [-0.2, -0.15) is 5.10 Å². The molecule has 2 aromatic heterocycles. The van der Waals surface area contributed by atoms with Gasteiger partial charge in [0.2, 0.25) is 0 Å². The van der Waals surface area contributed by atoms with Crippen molar-refractivity contribution in [3.63, 3.8) is 0 Å². The number of ether oxygens (including phenoxy) is 1. The Labute approximate surface area is 180 Å². The summed E-state index contributed by atoms with van der Waals surface area (Å²) in [5.74, 6) is 0.679. The Morgan fingerprint density at radius 1 is 1.03 bits per heavy atom. The Kier molecular flexibility index (Phi) is 5.05.